The standard InChI is InChI=1S/C24H20N2O5S/c1-14-20(23(29)30-3)21(17-9-11-18(12-10-17)31-15(2)27)26-22(28)19(32-24(26)25-14)13-16-7-5-4-6-8-16/h4-13,21H,1-3H3/b19-13-/t21-/m0/s1. The van der Waals surface area contributed by atoms with Crippen LogP contribution >= 0.6 is 11.3 Å². The van der Waals surface area contributed by atoms with E-state index in [2.05, 4.69) is 4.99 Å². The van der Waals surface area contributed by atoms with Crippen molar-refractivity contribution in [1.29, 1.82) is 0 Å². The lowest BCUT2D eigenvalue weighted by atomic mass is 9.96. The fourth-order valence-electron chi connectivity index (χ4n) is 3.59. The van der Waals surface area contributed by atoms with Gasteiger partial charge in [0.1, 0.15) is 5.75 Å². The Balaban J connectivity index is 1.91. The third kappa shape index (κ3) is 4.04. The van der Waals surface area contributed by atoms with Crippen LogP contribution in [0, 0.1) is 0 Å². The molecule has 162 valence electrons. The number of nitrogens with zero attached hydrogens (tertiary/aromatic N) is 2. The number of benzene rings is 2. The minimum atomic E-state index is -0.719. The molecule has 0 saturated heterocycles. The van der Waals surface area contributed by atoms with Gasteiger partial charge in [0.15, 0.2) is 4.80 Å². The first kappa shape index (κ1) is 21.5. The largest absolute Gasteiger partial charge is 0.466 e. The summed E-state index contributed by atoms with van der Waals surface area (Å²) in [6.45, 7) is 3.04. The smallest absolute Gasteiger partial charge is 0.338 e. The van der Waals surface area contributed by atoms with E-state index in [1.165, 1.54) is 29.9 Å². The number of thiazole rings is 1. The molecule has 1 aliphatic heterocycles. The number of fused-ring (bicyclic) bond motifs is 1. The fraction of sp³-hybridized carbons (Fsp3) is 0.167. The van der Waals surface area contributed by atoms with E-state index in [0.29, 0.717) is 26.3 Å². The van der Waals surface area contributed by atoms with Crippen LogP contribution in [0.3, 0.4) is 0 Å². The zero-order chi connectivity index (χ0) is 22.8. The first-order chi connectivity index (χ1) is 15.4. The van der Waals surface area contributed by atoms with Gasteiger partial charge in [-0.1, -0.05) is 53.8 Å². The minimum absolute atomic E-state index is 0.249. The Bertz CT molecular complexity index is 1400. The SMILES string of the molecule is COC(=O)C1=C(C)N=c2s/c(=C\c3ccccc3)c(=O)n2[C@H]1c1ccc(OC(C)=O)cc1. The van der Waals surface area contributed by atoms with Crippen LogP contribution in [-0.2, 0) is 14.3 Å². The van der Waals surface area contributed by atoms with Gasteiger partial charge in [0.2, 0.25) is 0 Å². The average Bonchev–Trinajstić information content (AvgIpc) is 3.07. The third-order valence-corrected chi connectivity index (χ3v) is 5.96. The summed E-state index contributed by atoms with van der Waals surface area (Å²) in [4.78, 5) is 42.3. The molecule has 0 unspecified atom stereocenters. The van der Waals surface area contributed by atoms with Gasteiger partial charge in [-0.2, -0.15) is 0 Å². The molecule has 1 atom stereocenters. The first-order valence-corrected chi connectivity index (χ1v) is 10.6. The molecule has 2 aromatic carbocycles. The second-order valence-corrected chi connectivity index (χ2v) is 8.16. The van der Waals surface area contributed by atoms with E-state index in [-0.39, 0.29) is 11.1 Å². The summed E-state index contributed by atoms with van der Waals surface area (Å²) in [7, 11) is 1.30. The van der Waals surface area contributed by atoms with E-state index in [4.69, 9.17) is 9.47 Å². The van der Waals surface area contributed by atoms with Gasteiger partial charge in [-0.05, 0) is 36.3 Å². The Morgan fingerprint density at radius 1 is 1.09 bits per heavy atom. The Morgan fingerprint density at radius 3 is 2.41 bits per heavy atom. The molecule has 0 radical (unpaired) electrons. The summed E-state index contributed by atoms with van der Waals surface area (Å²) in [5.74, 6) is -0.617. The van der Waals surface area contributed by atoms with E-state index in [1.54, 1.807) is 31.2 Å². The molecule has 4 rings (SSSR count). The van der Waals surface area contributed by atoms with Crippen LogP contribution < -0.4 is 19.6 Å². The number of carbonyl (C=O) groups excluding carboxylic acids is 2. The highest BCUT2D eigenvalue weighted by molar-refractivity contribution is 7.07. The Kier molecular flexibility index (Phi) is 5.87. The highest BCUT2D eigenvalue weighted by Gasteiger charge is 2.33. The zero-order valence-corrected chi connectivity index (χ0v) is 18.5. The van der Waals surface area contributed by atoms with Gasteiger partial charge in [0.25, 0.3) is 5.56 Å². The molecular formula is C24H20N2O5S. The minimum Gasteiger partial charge on any atom is -0.466 e. The van der Waals surface area contributed by atoms with Crippen molar-refractivity contribution in [2.45, 2.75) is 19.9 Å². The normalized spacial score (nSPS) is 15.7. The van der Waals surface area contributed by atoms with Crippen molar-refractivity contribution in [1.82, 2.24) is 4.57 Å². The van der Waals surface area contributed by atoms with Crippen molar-refractivity contribution in [3.05, 3.63) is 96.7 Å². The van der Waals surface area contributed by atoms with Gasteiger partial charge < -0.3 is 9.47 Å². The van der Waals surface area contributed by atoms with Gasteiger partial charge in [0, 0.05) is 6.92 Å². The molecule has 3 aromatic rings. The predicted molar refractivity (Wildman–Crippen MR) is 120 cm³/mol. The van der Waals surface area contributed by atoms with Gasteiger partial charge >= 0.3 is 11.9 Å². The highest BCUT2D eigenvalue weighted by atomic mass is 32.1. The van der Waals surface area contributed by atoms with Crippen LogP contribution in [0.5, 0.6) is 5.75 Å². The van der Waals surface area contributed by atoms with E-state index < -0.39 is 18.0 Å². The van der Waals surface area contributed by atoms with Crippen molar-refractivity contribution in [2.24, 2.45) is 4.99 Å². The number of hydrogen-bond donors (Lipinski definition) is 0. The number of ether oxygens (including phenoxy) is 2. The molecule has 1 aromatic heterocycles. The number of esters is 2. The van der Waals surface area contributed by atoms with E-state index in [1.807, 2.05) is 36.4 Å². The number of rotatable bonds is 4. The fourth-order valence-corrected chi connectivity index (χ4v) is 4.64. The molecule has 8 heteroatoms. The number of allylic oxidation sites excluding steroid dienone is 1. The van der Waals surface area contributed by atoms with Gasteiger partial charge in [-0.15, -0.1) is 0 Å². The Morgan fingerprint density at radius 2 is 1.78 bits per heavy atom. The summed E-state index contributed by atoms with van der Waals surface area (Å²) < 4.78 is 12.1. The number of carbonyl (C=O) groups is 2. The summed E-state index contributed by atoms with van der Waals surface area (Å²) >= 11 is 1.26. The van der Waals surface area contributed by atoms with Crippen LogP contribution in [0.4, 0.5) is 0 Å². The topological polar surface area (TPSA) is 87.0 Å². The van der Waals surface area contributed by atoms with Crippen LogP contribution in [0.1, 0.15) is 31.0 Å². The monoisotopic (exact) mass is 448 g/mol. The summed E-state index contributed by atoms with van der Waals surface area (Å²) in [6, 6.07) is 15.5. The van der Waals surface area contributed by atoms with Crippen molar-refractivity contribution >= 4 is 29.4 Å². The van der Waals surface area contributed by atoms with Crippen LogP contribution in [0.2, 0.25) is 0 Å². The molecule has 0 saturated carbocycles. The van der Waals surface area contributed by atoms with Crippen LogP contribution in [-0.4, -0.2) is 23.6 Å². The molecule has 0 N–H and O–H groups in total. The molecule has 0 spiro atoms. The third-order valence-electron chi connectivity index (χ3n) is 4.98. The quantitative estimate of drug-likeness (QED) is 0.452. The van der Waals surface area contributed by atoms with Gasteiger partial charge in [-0.25, -0.2) is 9.79 Å². The molecule has 0 amide bonds. The van der Waals surface area contributed by atoms with Gasteiger partial charge in [-0.3, -0.25) is 14.2 Å². The lowest BCUT2D eigenvalue weighted by molar-refractivity contribution is -0.136. The van der Waals surface area contributed by atoms with Gasteiger partial charge in [0.05, 0.1) is 29.0 Å². The van der Waals surface area contributed by atoms with E-state index >= 15 is 0 Å². The number of hydrogen-bond acceptors (Lipinski definition) is 7. The van der Waals surface area contributed by atoms with Crippen molar-refractivity contribution in [3.63, 3.8) is 0 Å². The zero-order valence-electron chi connectivity index (χ0n) is 17.7. The molecule has 32 heavy (non-hydrogen) atoms. The number of aromatic nitrogens is 1. The van der Waals surface area contributed by atoms with Crippen molar-refractivity contribution in [2.75, 3.05) is 7.11 Å². The van der Waals surface area contributed by atoms with Crippen LogP contribution in [0.25, 0.3) is 6.08 Å². The lowest BCUT2D eigenvalue weighted by Gasteiger charge is -2.24. The number of methoxy groups -OCH3 is 1. The molecular weight excluding hydrogens is 428 g/mol. The maximum absolute atomic E-state index is 13.4. The molecule has 0 fully saturated rings. The van der Waals surface area contributed by atoms with E-state index in [0.717, 1.165) is 5.56 Å². The summed E-state index contributed by atoms with van der Waals surface area (Å²) in [5, 5.41) is 0. The van der Waals surface area contributed by atoms with E-state index in [9.17, 15) is 14.4 Å². The highest BCUT2D eigenvalue weighted by Crippen LogP contribution is 2.31. The molecule has 7 nitrogen and oxygen atoms in total. The van der Waals surface area contributed by atoms with Crippen LogP contribution in [0.15, 0.2) is 75.7 Å². The molecule has 0 bridgehead atoms. The molecule has 2 heterocycles. The predicted octanol–water partition coefficient (Wildman–Crippen LogP) is 2.33. The van der Waals surface area contributed by atoms with Crippen molar-refractivity contribution in [3.8, 4) is 5.75 Å². The Labute approximate surface area is 187 Å². The summed E-state index contributed by atoms with van der Waals surface area (Å²) in [6.07, 6.45) is 1.81. The average molecular weight is 449 g/mol. The Hall–Kier alpha value is -3.78. The summed E-state index contributed by atoms with van der Waals surface area (Å²) in [5.41, 5.74) is 2.08. The first-order valence-electron chi connectivity index (χ1n) is 9.83. The molecule has 1 aliphatic rings. The lowest BCUT2D eigenvalue weighted by Crippen LogP contribution is -2.39. The maximum Gasteiger partial charge on any atom is 0.338 e. The second-order valence-electron chi connectivity index (χ2n) is 7.15. The molecule has 0 aliphatic carbocycles. The van der Waals surface area contributed by atoms with Crippen molar-refractivity contribution < 1.29 is 19.1 Å². The second kappa shape index (κ2) is 8.76. The maximum atomic E-state index is 13.4.